The Morgan fingerprint density at radius 2 is 1.96 bits per heavy atom. The van der Waals surface area contributed by atoms with E-state index in [1.165, 1.54) is 0 Å². The molecule has 0 aromatic heterocycles. The van der Waals surface area contributed by atoms with Crippen molar-refractivity contribution >= 4 is 17.5 Å². The Morgan fingerprint density at radius 1 is 1.26 bits per heavy atom. The van der Waals surface area contributed by atoms with E-state index < -0.39 is 0 Å². The maximum absolute atomic E-state index is 12.2. The minimum Gasteiger partial charge on any atom is -0.394 e. The number of hydrogen-bond acceptors (Lipinski definition) is 3. The van der Waals surface area contributed by atoms with Gasteiger partial charge in [0.2, 0.25) is 0 Å². The highest BCUT2D eigenvalue weighted by Gasteiger charge is 2.13. The van der Waals surface area contributed by atoms with Crippen molar-refractivity contribution in [3.05, 3.63) is 58.6 Å². The topological polar surface area (TPSA) is 58.6 Å². The zero-order chi connectivity index (χ0) is 16.8. The SMILES string of the molecule is COCc1cc(C(=O)NC(C)CO)ccc1-c1ccc(Cl)cc1. The summed E-state index contributed by atoms with van der Waals surface area (Å²) < 4.78 is 5.25. The maximum atomic E-state index is 12.2. The molecule has 0 bridgehead atoms. The van der Waals surface area contributed by atoms with Gasteiger partial charge in [-0.15, -0.1) is 0 Å². The third kappa shape index (κ3) is 4.55. The van der Waals surface area contributed by atoms with Gasteiger partial charge in [0.1, 0.15) is 0 Å². The lowest BCUT2D eigenvalue weighted by molar-refractivity contribution is 0.0922. The first-order valence-corrected chi connectivity index (χ1v) is 7.72. The molecule has 2 aromatic carbocycles. The van der Waals surface area contributed by atoms with Gasteiger partial charge in [-0.1, -0.05) is 29.8 Å². The molecule has 0 aliphatic heterocycles. The normalized spacial score (nSPS) is 12.0. The number of nitrogens with one attached hydrogen (secondary N) is 1. The van der Waals surface area contributed by atoms with E-state index in [0.29, 0.717) is 17.2 Å². The molecule has 0 spiro atoms. The van der Waals surface area contributed by atoms with E-state index in [2.05, 4.69) is 5.32 Å². The van der Waals surface area contributed by atoms with E-state index in [4.69, 9.17) is 21.4 Å². The summed E-state index contributed by atoms with van der Waals surface area (Å²) in [6.07, 6.45) is 0. The monoisotopic (exact) mass is 333 g/mol. The molecular formula is C18H20ClNO3. The Labute approximate surface area is 141 Å². The number of carbonyl (C=O) groups is 1. The lowest BCUT2D eigenvalue weighted by atomic mass is 9.97. The van der Waals surface area contributed by atoms with Crippen LogP contribution >= 0.6 is 11.6 Å². The van der Waals surface area contributed by atoms with Crippen LogP contribution in [0.2, 0.25) is 5.02 Å². The summed E-state index contributed by atoms with van der Waals surface area (Å²) in [4.78, 5) is 12.2. The van der Waals surface area contributed by atoms with Crippen molar-refractivity contribution in [3.63, 3.8) is 0 Å². The molecule has 0 saturated carbocycles. The molecule has 1 amide bonds. The molecule has 0 fully saturated rings. The summed E-state index contributed by atoms with van der Waals surface area (Å²) in [6.45, 7) is 2.05. The van der Waals surface area contributed by atoms with E-state index in [1.807, 2.05) is 36.4 Å². The summed E-state index contributed by atoms with van der Waals surface area (Å²) >= 11 is 5.93. The first kappa shape index (κ1) is 17.5. The van der Waals surface area contributed by atoms with Gasteiger partial charge < -0.3 is 15.2 Å². The number of halogens is 1. The quantitative estimate of drug-likeness (QED) is 0.853. The Morgan fingerprint density at radius 3 is 2.57 bits per heavy atom. The first-order chi connectivity index (χ1) is 11.0. The van der Waals surface area contributed by atoms with Crippen molar-refractivity contribution in [1.29, 1.82) is 0 Å². The molecule has 4 nitrogen and oxygen atoms in total. The Bertz CT molecular complexity index is 670. The van der Waals surface area contributed by atoms with Gasteiger partial charge in [0.05, 0.1) is 13.2 Å². The average molecular weight is 334 g/mol. The van der Waals surface area contributed by atoms with Crippen LogP contribution in [0.25, 0.3) is 11.1 Å². The molecule has 5 heteroatoms. The fourth-order valence-corrected chi connectivity index (χ4v) is 2.40. The van der Waals surface area contributed by atoms with Crippen LogP contribution in [-0.2, 0) is 11.3 Å². The fourth-order valence-electron chi connectivity index (χ4n) is 2.27. The van der Waals surface area contributed by atoms with Gasteiger partial charge >= 0.3 is 0 Å². The number of carbonyl (C=O) groups excluding carboxylic acids is 1. The van der Waals surface area contributed by atoms with E-state index in [1.54, 1.807) is 20.1 Å². The third-order valence-corrected chi connectivity index (χ3v) is 3.73. The Kier molecular flexibility index (Phi) is 6.16. The van der Waals surface area contributed by atoms with Crippen LogP contribution in [-0.4, -0.2) is 30.8 Å². The second-order valence-corrected chi connectivity index (χ2v) is 5.81. The van der Waals surface area contributed by atoms with Crippen LogP contribution in [0.15, 0.2) is 42.5 Å². The highest BCUT2D eigenvalue weighted by molar-refractivity contribution is 6.30. The van der Waals surface area contributed by atoms with Gasteiger partial charge in [0, 0.05) is 23.7 Å². The van der Waals surface area contributed by atoms with Gasteiger partial charge in [-0.25, -0.2) is 0 Å². The number of hydrogen-bond donors (Lipinski definition) is 2. The number of ether oxygens (including phenoxy) is 1. The summed E-state index contributed by atoms with van der Waals surface area (Å²) in [5, 5.41) is 12.5. The first-order valence-electron chi connectivity index (χ1n) is 7.34. The van der Waals surface area contributed by atoms with Crippen LogP contribution in [0.5, 0.6) is 0 Å². The highest BCUT2D eigenvalue weighted by Crippen LogP contribution is 2.27. The minimum absolute atomic E-state index is 0.0977. The number of methoxy groups -OCH3 is 1. The predicted molar refractivity (Wildman–Crippen MR) is 91.6 cm³/mol. The average Bonchev–Trinajstić information content (AvgIpc) is 2.56. The van der Waals surface area contributed by atoms with Gasteiger partial charge in [0.15, 0.2) is 0 Å². The smallest absolute Gasteiger partial charge is 0.251 e. The molecule has 2 N–H and O–H groups in total. The number of benzene rings is 2. The maximum Gasteiger partial charge on any atom is 0.251 e. The molecule has 122 valence electrons. The summed E-state index contributed by atoms with van der Waals surface area (Å²) in [5.41, 5.74) is 3.46. The largest absolute Gasteiger partial charge is 0.394 e. The molecule has 2 aromatic rings. The Balaban J connectivity index is 2.34. The third-order valence-electron chi connectivity index (χ3n) is 3.47. The van der Waals surface area contributed by atoms with E-state index >= 15 is 0 Å². The summed E-state index contributed by atoms with van der Waals surface area (Å²) in [7, 11) is 1.62. The standard InChI is InChI=1S/C18H20ClNO3/c1-12(10-21)20-18(22)14-5-8-17(15(9-14)11-23-2)13-3-6-16(19)7-4-13/h3-9,12,21H,10-11H2,1-2H3,(H,20,22). The fraction of sp³-hybridized carbons (Fsp3) is 0.278. The van der Waals surface area contributed by atoms with Gasteiger partial charge in [-0.05, 0) is 47.9 Å². The van der Waals surface area contributed by atoms with Crippen molar-refractivity contribution in [1.82, 2.24) is 5.32 Å². The van der Waals surface area contributed by atoms with E-state index in [-0.39, 0.29) is 18.6 Å². The number of aliphatic hydroxyl groups excluding tert-OH is 1. The highest BCUT2D eigenvalue weighted by atomic mass is 35.5. The van der Waals surface area contributed by atoms with Crippen molar-refractivity contribution in [2.45, 2.75) is 19.6 Å². The lowest BCUT2D eigenvalue weighted by Crippen LogP contribution is -2.35. The molecule has 0 saturated heterocycles. The molecule has 0 heterocycles. The summed E-state index contributed by atoms with van der Waals surface area (Å²) in [6, 6.07) is 12.7. The molecule has 0 aliphatic carbocycles. The number of rotatable bonds is 6. The molecule has 2 rings (SSSR count). The number of amides is 1. The lowest BCUT2D eigenvalue weighted by Gasteiger charge is -2.14. The molecule has 1 atom stereocenters. The second kappa shape index (κ2) is 8.11. The van der Waals surface area contributed by atoms with Crippen LogP contribution in [0.1, 0.15) is 22.8 Å². The van der Waals surface area contributed by atoms with Crippen LogP contribution in [0, 0.1) is 0 Å². The summed E-state index contributed by atoms with van der Waals surface area (Å²) in [5.74, 6) is -0.216. The van der Waals surface area contributed by atoms with Gasteiger partial charge in [0.25, 0.3) is 5.91 Å². The molecule has 1 unspecified atom stereocenters. The van der Waals surface area contributed by atoms with Crippen molar-refractivity contribution in [3.8, 4) is 11.1 Å². The van der Waals surface area contributed by atoms with Crippen molar-refractivity contribution in [2.24, 2.45) is 0 Å². The van der Waals surface area contributed by atoms with Crippen LogP contribution < -0.4 is 5.32 Å². The van der Waals surface area contributed by atoms with Crippen LogP contribution in [0.4, 0.5) is 0 Å². The van der Waals surface area contributed by atoms with Gasteiger partial charge in [-0.3, -0.25) is 4.79 Å². The van der Waals surface area contributed by atoms with Crippen molar-refractivity contribution < 1.29 is 14.6 Å². The molecule has 0 aliphatic rings. The Hall–Kier alpha value is -1.88. The van der Waals surface area contributed by atoms with Crippen LogP contribution in [0.3, 0.4) is 0 Å². The molecule has 23 heavy (non-hydrogen) atoms. The second-order valence-electron chi connectivity index (χ2n) is 5.37. The van der Waals surface area contributed by atoms with Crippen molar-refractivity contribution in [2.75, 3.05) is 13.7 Å². The molecular weight excluding hydrogens is 314 g/mol. The predicted octanol–water partition coefficient (Wildman–Crippen LogP) is 3.26. The zero-order valence-corrected chi connectivity index (χ0v) is 13.9. The molecule has 0 radical (unpaired) electrons. The zero-order valence-electron chi connectivity index (χ0n) is 13.2. The van der Waals surface area contributed by atoms with E-state index in [9.17, 15) is 4.79 Å². The number of aliphatic hydroxyl groups is 1. The van der Waals surface area contributed by atoms with E-state index in [0.717, 1.165) is 16.7 Å². The minimum atomic E-state index is -0.288. The van der Waals surface area contributed by atoms with Gasteiger partial charge in [-0.2, -0.15) is 0 Å².